The number of piperidine rings is 1. The minimum atomic E-state index is -0.0641. The van der Waals surface area contributed by atoms with Crippen LogP contribution in [0.5, 0.6) is 0 Å². The molecule has 1 fully saturated rings. The third-order valence-electron chi connectivity index (χ3n) is 4.47. The van der Waals surface area contributed by atoms with Crippen LogP contribution in [0.3, 0.4) is 0 Å². The predicted molar refractivity (Wildman–Crippen MR) is 92.4 cm³/mol. The van der Waals surface area contributed by atoms with Crippen molar-refractivity contribution in [3.63, 3.8) is 0 Å². The van der Waals surface area contributed by atoms with Gasteiger partial charge in [-0.1, -0.05) is 30.7 Å². The number of benzene rings is 1. The lowest BCUT2D eigenvalue weighted by Crippen LogP contribution is -2.45. The van der Waals surface area contributed by atoms with Gasteiger partial charge in [0.05, 0.1) is 6.54 Å². The maximum absolute atomic E-state index is 12.4. The van der Waals surface area contributed by atoms with E-state index >= 15 is 0 Å². The molecule has 5 heteroatoms. The fraction of sp³-hybridized carbons (Fsp3) is 0.556. The average Bonchev–Trinajstić information content (AvgIpc) is 2.51. The smallest absolute Gasteiger partial charge is 0.242 e. The zero-order valence-corrected chi connectivity index (χ0v) is 14.7. The second kappa shape index (κ2) is 8.34. The molecule has 1 saturated heterocycles. The molecule has 0 spiro atoms. The van der Waals surface area contributed by atoms with Crippen LogP contribution in [-0.4, -0.2) is 47.8 Å². The van der Waals surface area contributed by atoms with Crippen LogP contribution in [0.2, 0.25) is 5.02 Å². The third-order valence-corrected chi connectivity index (χ3v) is 4.70. The molecule has 0 aliphatic carbocycles. The molecule has 2 amide bonds. The van der Waals surface area contributed by atoms with Gasteiger partial charge in [0.2, 0.25) is 11.8 Å². The second-order valence-corrected chi connectivity index (χ2v) is 6.82. The summed E-state index contributed by atoms with van der Waals surface area (Å²) in [5, 5.41) is 0.690. The number of hydrogen-bond acceptors (Lipinski definition) is 2. The fourth-order valence-corrected chi connectivity index (χ4v) is 3.04. The molecule has 0 atom stereocenters. The Labute approximate surface area is 143 Å². The van der Waals surface area contributed by atoms with Gasteiger partial charge in [0.15, 0.2) is 0 Å². The molecule has 0 unspecified atom stereocenters. The predicted octanol–water partition coefficient (Wildman–Crippen LogP) is 2.99. The van der Waals surface area contributed by atoms with Gasteiger partial charge in [0.25, 0.3) is 0 Å². The Balaban J connectivity index is 1.88. The normalized spacial score (nSPS) is 15.5. The molecular weight excluding hydrogens is 312 g/mol. The van der Waals surface area contributed by atoms with Gasteiger partial charge in [-0.3, -0.25) is 9.59 Å². The summed E-state index contributed by atoms with van der Waals surface area (Å²) in [5.41, 5.74) is 1.07. The Morgan fingerprint density at radius 3 is 2.61 bits per heavy atom. The summed E-state index contributed by atoms with van der Waals surface area (Å²) < 4.78 is 0. The Morgan fingerprint density at radius 1 is 1.30 bits per heavy atom. The monoisotopic (exact) mass is 336 g/mol. The molecular formula is C18H25ClN2O2. The molecule has 1 aliphatic rings. The van der Waals surface area contributed by atoms with Crippen LogP contribution >= 0.6 is 11.6 Å². The molecule has 1 aromatic carbocycles. The zero-order valence-electron chi connectivity index (χ0n) is 13.9. The maximum atomic E-state index is 12.4. The lowest BCUT2D eigenvalue weighted by molar-refractivity contribution is -0.140. The highest BCUT2D eigenvalue weighted by atomic mass is 35.5. The third kappa shape index (κ3) is 5.54. The van der Waals surface area contributed by atoms with Gasteiger partial charge in [-0.15, -0.1) is 0 Å². The second-order valence-electron chi connectivity index (χ2n) is 6.38. The van der Waals surface area contributed by atoms with Crippen LogP contribution in [0.15, 0.2) is 24.3 Å². The summed E-state index contributed by atoms with van der Waals surface area (Å²) >= 11 is 5.98. The van der Waals surface area contributed by atoms with Crippen LogP contribution in [0, 0.1) is 5.92 Å². The summed E-state index contributed by atoms with van der Waals surface area (Å²) in [4.78, 5) is 27.7. The van der Waals surface area contributed by atoms with Crippen molar-refractivity contribution in [3.8, 4) is 0 Å². The van der Waals surface area contributed by atoms with E-state index in [1.807, 2.05) is 29.2 Å². The van der Waals surface area contributed by atoms with Gasteiger partial charge in [-0.05, 0) is 42.9 Å². The highest BCUT2D eigenvalue weighted by Gasteiger charge is 2.22. The summed E-state index contributed by atoms with van der Waals surface area (Å²) in [6.45, 7) is 6.05. The van der Waals surface area contributed by atoms with Crippen LogP contribution in [0.25, 0.3) is 0 Å². The van der Waals surface area contributed by atoms with E-state index in [2.05, 4.69) is 6.92 Å². The van der Waals surface area contributed by atoms with E-state index in [4.69, 9.17) is 11.6 Å². The number of halogens is 1. The first-order valence-electron chi connectivity index (χ1n) is 8.23. The summed E-state index contributed by atoms with van der Waals surface area (Å²) in [7, 11) is 0. The van der Waals surface area contributed by atoms with Crippen LogP contribution in [0.1, 0.15) is 32.3 Å². The number of hydrogen-bond donors (Lipinski definition) is 0. The van der Waals surface area contributed by atoms with Crippen molar-refractivity contribution in [2.75, 3.05) is 26.2 Å². The van der Waals surface area contributed by atoms with Gasteiger partial charge in [0, 0.05) is 31.6 Å². The first kappa shape index (κ1) is 17.8. The molecule has 0 radical (unpaired) electrons. The van der Waals surface area contributed by atoms with E-state index in [-0.39, 0.29) is 18.4 Å². The van der Waals surface area contributed by atoms with Crippen molar-refractivity contribution in [1.82, 2.24) is 9.80 Å². The van der Waals surface area contributed by atoms with Crippen molar-refractivity contribution in [2.45, 2.75) is 33.1 Å². The molecule has 4 nitrogen and oxygen atoms in total. The lowest BCUT2D eigenvalue weighted by Gasteiger charge is -2.32. The highest BCUT2D eigenvalue weighted by Crippen LogP contribution is 2.16. The summed E-state index contributed by atoms with van der Waals surface area (Å²) in [6, 6.07) is 7.61. The molecule has 1 aromatic rings. The summed E-state index contributed by atoms with van der Waals surface area (Å²) in [5.74, 6) is 0.676. The number of carbonyl (C=O) groups is 2. The van der Waals surface area contributed by atoms with E-state index in [9.17, 15) is 9.59 Å². The van der Waals surface area contributed by atoms with E-state index in [1.54, 1.807) is 4.90 Å². The molecule has 23 heavy (non-hydrogen) atoms. The molecule has 126 valence electrons. The molecule has 1 aliphatic heterocycles. The number of amides is 2. The number of rotatable bonds is 5. The molecule has 2 rings (SSSR count). The van der Waals surface area contributed by atoms with Gasteiger partial charge in [0.1, 0.15) is 0 Å². The van der Waals surface area contributed by atoms with E-state index < -0.39 is 0 Å². The Kier molecular flexibility index (Phi) is 6.46. The Hall–Kier alpha value is -1.55. The van der Waals surface area contributed by atoms with E-state index in [1.165, 1.54) is 6.92 Å². The van der Waals surface area contributed by atoms with Crippen LogP contribution < -0.4 is 0 Å². The molecule has 0 aromatic heterocycles. The minimum absolute atomic E-state index is 0.0539. The van der Waals surface area contributed by atoms with Crippen molar-refractivity contribution < 1.29 is 9.59 Å². The van der Waals surface area contributed by atoms with Gasteiger partial charge < -0.3 is 9.80 Å². The van der Waals surface area contributed by atoms with E-state index in [0.717, 1.165) is 31.5 Å². The lowest BCUT2D eigenvalue weighted by atomic mass is 9.99. The topological polar surface area (TPSA) is 40.6 Å². The first-order valence-corrected chi connectivity index (χ1v) is 8.61. The molecule has 0 bridgehead atoms. The van der Waals surface area contributed by atoms with Crippen LogP contribution in [-0.2, 0) is 16.0 Å². The van der Waals surface area contributed by atoms with Crippen molar-refractivity contribution in [3.05, 3.63) is 34.9 Å². The quantitative estimate of drug-likeness (QED) is 0.829. The van der Waals surface area contributed by atoms with Crippen molar-refractivity contribution in [1.29, 1.82) is 0 Å². The first-order chi connectivity index (χ1) is 11.0. The van der Waals surface area contributed by atoms with Crippen molar-refractivity contribution >= 4 is 23.4 Å². The number of nitrogens with zero attached hydrogens (tertiary/aromatic N) is 2. The molecule has 0 saturated carbocycles. The standard InChI is InChI=1S/C18H25ClN2O2/c1-14-6-9-20(10-7-14)18(23)13-21(15(2)22)11-8-16-4-3-5-17(19)12-16/h3-5,12,14H,6-11,13H2,1-2H3. The summed E-state index contributed by atoms with van der Waals surface area (Å²) in [6.07, 6.45) is 2.80. The minimum Gasteiger partial charge on any atom is -0.341 e. The molecule has 0 N–H and O–H groups in total. The van der Waals surface area contributed by atoms with Crippen LogP contribution in [0.4, 0.5) is 0 Å². The van der Waals surface area contributed by atoms with E-state index in [0.29, 0.717) is 23.9 Å². The van der Waals surface area contributed by atoms with Crippen molar-refractivity contribution in [2.24, 2.45) is 5.92 Å². The number of carbonyl (C=O) groups excluding carboxylic acids is 2. The number of likely N-dealkylation sites (tertiary alicyclic amines) is 1. The van der Waals surface area contributed by atoms with Gasteiger partial charge >= 0.3 is 0 Å². The SMILES string of the molecule is CC(=O)N(CCc1cccc(Cl)c1)CC(=O)N1CCC(C)CC1. The van der Waals surface area contributed by atoms with Gasteiger partial charge in [-0.2, -0.15) is 0 Å². The van der Waals surface area contributed by atoms with Gasteiger partial charge in [-0.25, -0.2) is 0 Å². The molecule has 1 heterocycles. The highest BCUT2D eigenvalue weighted by molar-refractivity contribution is 6.30. The zero-order chi connectivity index (χ0) is 16.8. The Morgan fingerprint density at radius 2 is 2.00 bits per heavy atom. The average molecular weight is 337 g/mol. The largest absolute Gasteiger partial charge is 0.341 e. The maximum Gasteiger partial charge on any atom is 0.242 e. The fourth-order valence-electron chi connectivity index (χ4n) is 2.83. The Bertz CT molecular complexity index is 554.